The number of imidazole rings is 1. The summed E-state index contributed by atoms with van der Waals surface area (Å²) in [6.07, 6.45) is -3.99. The minimum atomic E-state index is -4.29. The summed E-state index contributed by atoms with van der Waals surface area (Å²) in [4.78, 5) is 7.20. The van der Waals surface area contributed by atoms with Crippen LogP contribution in [0.3, 0.4) is 0 Å². The molecule has 0 saturated carbocycles. The van der Waals surface area contributed by atoms with E-state index >= 15 is 0 Å². The van der Waals surface area contributed by atoms with Gasteiger partial charge >= 0.3 is 6.18 Å². The first-order valence-electron chi connectivity index (χ1n) is 5.33. The molecule has 18 heavy (non-hydrogen) atoms. The van der Waals surface area contributed by atoms with Gasteiger partial charge in [-0.3, -0.25) is 0 Å². The highest BCUT2D eigenvalue weighted by Crippen LogP contribution is 2.16. The van der Waals surface area contributed by atoms with E-state index in [2.05, 4.69) is 14.7 Å². The predicted octanol–water partition coefficient (Wildman–Crippen LogP) is 2.27. The van der Waals surface area contributed by atoms with Crippen LogP contribution in [0.2, 0.25) is 0 Å². The summed E-state index contributed by atoms with van der Waals surface area (Å²) < 4.78 is 40.0. The summed E-state index contributed by atoms with van der Waals surface area (Å²) in [5, 5.41) is 0. The number of anilines is 1. The van der Waals surface area contributed by atoms with Gasteiger partial charge in [0.15, 0.2) is 0 Å². The van der Waals surface area contributed by atoms with Crippen LogP contribution in [0.5, 0.6) is 0 Å². The molecule has 3 N–H and O–H groups in total. The van der Waals surface area contributed by atoms with E-state index in [1.54, 1.807) is 18.2 Å². The number of nitrogens with two attached hydrogens (primary N) is 1. The average molecular weight is 259 g/mol. The molecule has 0 radical (unpaired) electrons. The second-order valence-electron chi connectivity index (χ2n) is 3.88. The van der Waals surface area contributed by atoms with Crippen molar-refractivity contribution in [2.75, 3.05) is 18.9 Å². The van der Waals surface area contributed by atoms with Gasteiger partial charge in [0.05, 0.1) is 17.6 Å². The number of nitrogen functional groups attached to an aromatic ring is 1. The van der Waals surface area contributed by atoms with Crippen LogP contribution in [0.15, 0.2) is 18.2 Å². The Kier molecular flexibility index (Phi) is 3.42. The Bertz CT molecular complexity index is 536. The van der Waals surface area contributed by atoms with Gasteiger partial charge in [-0.1, -0.05) is 0 Å². The number of rotatable bonds is 4. The van der Waals surface area contributed by atoms with E-state index in [0.29, 0.717) is 17.9 Å². The second kappa shape index (κ2) is 4.85. The number of hydrogen-bond acceptors (Lipinski definition) is 3. The van der Waals surface area contributed by atoms with Gasteiger partial charge < -0.3 is 15.5 Å². The van der Waals surface area contributed by atoms with E-state index in [0.717, 1.165) is 11.0 Å². The highest BCUT2D eigenvalue weighted by atomic mass is 19.4. The van der Waals surface area contributed by atoms with Crippen LogP contribution in [-0.2, 0) is 11.2 Å². The molecule has 1 aromatic carbocycles. The van der Waals surface area contributed by atoms with Crippen molar-refractivity contribution >= 4 is 16.7 Å². The fourth-order valence-electron chi connectivity index (χ4n) is 1.56. The van der Waals surface area contributed by atoms with Gasteiger partial charge in [-0.05, 0) is 18.2 Å². The Balaban J connectivity index is 1.92. The monoisotopic (exact) mass is 259 g/mol. The lowest BCUT2D eigenvalue weighted by Gasteiger charge is -2.06. The Hall–Kier alpha value is -1.76. The van der Waals surface area contributed by atoms with E-state index in [-0.39, 0.29) is 6.61 Å². The van der Waals surface area contributed by atoms with Crippen molar-refractivity contribution in [2.45, 2.75) is 12.6 Å². The molecule has 0 amide bonds. The van der Waals surface area contributed by atoms with Crippen LogP contribution in [-0.4, -0.2) is 29.4 Å². The number of nitrogens with one attached hydrogen (secondary N) is 1. The maximum atomic E-state index is 11.8. The molecule has 98 valence electrons. The molecule has 0 unspecified atom stereocenters. The summed E-state index contributed by atoms with van der Waals surface area (Å²) in [6.45, 7) is -1.27. The minimum absolute atomic E-state index is 0.0329. The highest BCUT2D eigenvalue weighted by Gasteiger charge is 2.27. The van der Waals surface area contributed by atoms with Gasteiger partial charge in [-0.15, -0.1) is 0 Å². The van der Waals surface area contributed by atoms with Crippen molar-refractivity contribution in [3.8, 4) is 0 Å². The third-order valence-electron chi connectivity index (χ3n) is 2.30. The smallest absolute Gasteiger partial charge is 0.399 e. The average Bonchev–Trinajstić information content (AvgIpc) is 2.65. The summed E-state index contributed by atoms with van der Waals surface area (Å²) in [6, 6.07) is 5.19. The first kappa shape index (κ1) is 12.7. The van der Waals surface area contributed by atoms with Crippen LogP contribution < -0.4 is 5.73 Å². The van der Waals surface area contributed by atoms with E-state index in [1.165, 1.54) is 0 Å². The fraction of sp³-hybridized carbons (Fsp3) is 0.364. The van der Waals surface area contributed by atoms with E-state index < -0.39 is 12.8 Å². The molecule has 0 saturated heterocycles. The maximum absolute atomic E-state index is 11.8. The number of hydrogen-bond donors (Lipinski definition) is 2. The van der Waals surface area contributed by atoms with Crippen molar-refractivity contribution in [2.24, 2.45) is 0 Å². The fourth-order valence-corrected chi connectivity index (χ4v) is 1.56. The number of H-pyrrole nitrogens is 1. The molecule has 1 heterocycles. The van der Waals surface area contributed by atoms with Crippen molar-refractivity contribution in [3.63, 3.8) is 0 Å². The molecule has 0 spiro atoms. The number of nitrogens with zero attached hydrogens (tertiary/aromatic N) is 1. The summed E-state index contributed by atoms with van der Waals surface area (Å²) in [5.41, 5.74) is 7.70. The number of alkyl halides is 3. The Morgan fingerprint density at radius 2 is 2.11 bits per heavy atom. The highest BCUT2D eigenvalue weighted by molar-refractivity contribution is 5.78. The Morgan fingerprint density at radius 3 is 2.83 bits per heavy atom. The SMILES string of the molecule is Nc1ccc2nc(CCOCC(F)(F)F)[nH]c2c1. The number of aromatic nitrogens is 2. The van der Waals surface area contributed by atoms with Gasteiger partial charge in [0.2, 0.25) is 0 Å². The van der Waals surface area contributed by atoms with Crippen molar-refractivity contribution in [1.29, 1.82) is 0 Å². The molecule has 2 aromatic rings. The van der Waals surface area contributed by atoms with Crippen molar-refractivity contribution in [3.05, 3.63) is 24.0 Å². The molecule has 1 aromatic heterocycles. The lowest BCUT2D eigenvalue weighted by Crippen LogP contribution is -2.18. The Labute approximate surface area is 101 Å². The second-order valence-corrected chi connectivity index (χ2v) is 3.88. The number of fused-ring (bicyclic) bond motifs is 1. The van der Waals surface area contributed by atoms with E-state index in [9.17, 15) is 13.2 Å². The summed E-state index contributed by atoms with van der Waals surface area (Å²) >= 11 is 0. The molecule has 0 bridgehead atoms. The normalized spacial score (nSPS) is 12.2. The van der Waals surface area contributed by atoms with Crippen molar-refractivity contribution < 1.29 is 17.9 Å². The molecule has 0 aliphatic carbocycles. The zero-order valence-electron chi connectivity index (χ0n) is 9.42. The lowest BCUT2D eigenvalue weighted by molar-refractivity contribution is -0.173. The third kappa shape index (κ3) is 3.36. The zero-order valence-corrected chi connectivity index (χ0v) is 9.42. The van der Waals surface area contributed by atoms with Crippen molar-refractivity contribution in [1.82, 2.24) is 9.97 Å². The predicted molar refractivity (Wildman–Crippen MR) is 61.1 cm³/mol. The lowest BCUT2D eigenvalue weighted by atomic mass is 10.3. The van der Waals surface area contributed by atoms with E-state index in [4.69, 9.17) is 5.73 Å². The number of benzene rings is 1. The maximum Gasteiger partial charge on any atom is 0.411 e. The number of aromatic amines is 1. The van der Waals surface area contributed by atoms with Crippen LogP contribution in [0.4, 0.5) is 18.9 Å². The van der Waals surface area contributed by atoms with Crippen LogP contribution in [0.25, 0.3) is 11.0 Å². The summed E-state index contributed by atoms with van der Waals surface area (Å²) in [5.74, 6) is 0.581. The van der Waals surface area contributed by atoms with E-state index in [1.807, 2.05) is 0 Å². The van der Waals surface area contributed by atoms with Gasteiger partial charge in [-0.2, -0.15) is 13.2 Å². The molecule has 4 nitrogen and oxygen atoms in total. The van der Waals surface area contributed by atoms with Gasteiger partial charge in [0.25, 0.3) is 0 Å². The molecule has 0 aliphatic rings. The first-order chi connectivity index (χ1) is 8.44. The zero-order chi connectivity index (χ0) is 13.2. The molecule has 2 rings (SSSR count). The van der Waals surface area contributed by atoms with Gasteiger partial charge in [-0.25, -0.2) is 4.98 Å². The third-order valence-corrected chi connectivity index (χ3v) is 2.30. The molecular weight excluding hydrogens is 247 g/mol. The van der Waals surface area contributed by atoms with Gasteiger partial charge in [0, 0.05) is 12.1 Å². The Morgan fingerprint density at radius 1 is 1.33 bits per heavy atom. The molecule has 7 heteroatoms. The largest absolute Gasteiger partial charge is 0.411 e. The minimum Gasteiger partial charge on any atom is -0.399 e. The van der Waals surface area contributed by atoms with Crippen LogP contribution in [0.1, 0.15) is 5.82 Å². The molecule has 0 fully saturated rings. The first-order valence-corrected chi connectivity index (χ1v) is 5.33. The number of halogens is 3. The summed E-state index contributed by atoms with van der Waals surface area (Å²) in [7, 11) is 0. The molecule has 0 atom stereocenters. The standard InChI is InChI=1S/C11H12F3N3O/c12-11(13,14)6-18-4-3-10-16-8-2-1-7(15)5-9(8)17-10/h1-2,5H,3-4,6,15H2,(H,16,17). The van der Waals surface area contributed by atoms with Crippen LogP contribution >= 0.6 is 0 Å². The van der Waals surface area contributed by atoms with Gasteiger partial charge in [0.1, 0.15) is 12.4 Å². The molecule has 0 aliphatic heterocycles. The molecular formula is C11H12F3N3O. The number of ether oxygens (including phenoxy) is 1. The topological polar surface area (TPSA) is 63.9 Å². The van der Waals surface area contributed by atoms with Crippen LogP contribution in [0, 0.1) is 0 Å². The quantitative estimate of drug-likeness (QED) is 0.654.